The Morgan fingerprint density at radius 3 is 2.54 bits per heavy atom. The Balaban J connectivity index is 1.80. The van der Waals surface area contributed by atoms with Gasteiger partial charge in [0.15, 0.2) is 0 Å². The molecular formula is C12H25N. The van der Waals surface area contributed by atoms with Crippen molar-refractivity contribution in [2.75, 3.05) is 7.05 Å². The van der Waals surface area contributed by atoms with Gasteiger partial charge in [0.25, 0.3) is 0 Å². The van der Waals surface area contributed by atoms with Crippen molar-refractivity contribution in [1.29, 1.82) is 0 Å². The highest BCUT2D eigenvalue weighted by Gasteiger charge is 2.34. The van der Waals surface area contributed by atoms with Crippen molar-refractivity contribution in [2.45, 2.75) is 58.4 Å². The highest BCUT2D eigenvalue weighted by Crippen LogP contribution is 2.34. The molecule has 0 aliphatic heterocycles. The van der Waals surface area contributed by atoms with E-state index in [0.717, 1.165) is 17.9 Å². The van der Waals surface area contributed by atoms with Gasteiger partial charge < -0.3 is 5.32 Å². The molecular weight excluding hydrogens is 158 g/mol. The second-order valence-corrected chi connectivity index (χ2v) is 4.92. The Hall–Kier alpha value is -0.0400. The fourth-order valence-corrected chi connectivity index (χ4v) is 2.06. The second kappa shape index (κ2) is 5.64. The maximum absolute atomic E-state index is 3.35. The number of rotatable bonds is 7. The molecule has 0 heterocycles. The minimum absolute atomic E-state index is 0.866. The van der Waals surface area contributed by atoms with Crippen LogP contribution in [0.3, 0.4) is 0 Å². The molecule has 0 radical (unpaired) electrons. The van der Waals surface area contributed by atoms with Gasteiger partial charge in [-0.15, -0.1) is 0 Å². The molecule has 1 aliphatic carbocycles. The molecule has 13 heavy (non-hydrogen) atoms. The highest BCUT2D eigenvalue weighted by molar-refractivity contribution is 4.91. The van der Waals surface area contributed by atoms with Crippen molar-refractivity contribution in [2.24, 2.45) is 11.8 Å². The highest BCUT2D eigenvalue weighted by atomic mass is 14.9. The minimum Gasteiger partial charge on any atom is -0.317 e. The molecule has 0 aromatic carbocycles. The molecule has 2 atom stereocenters. The summed E-state index contributed by atoms with van der Waals surface area (Å²) in [5, 5.41) is 3.35. The normalized spacial score (nSPS) is 26.8. The summed E-state index contributed by atoms with van der Waals surface area (Å²) in [5.41, 5.74) is 0. The molecule has 0 amide bonds. The largest absolute Gasteiger partial charge is 0.317 e. The van der Waals surface area contributed by atoms with E-state index in [0.29, 0.717) is 0 Å². The molecule has 2 unspecified atom stereocenters. The molecule has 0 bridgehead atoms. The predicted octanol–water partition coefficient (Wildman–Crippen LogP) is 3.20. The summed E-state index contributed by atoms with van der Waals surface area (Å²) in [6.07, 6.45) is 8.65. The summed E-state index contributed by atoms with van der Waals surface area (Å²) in [6, 6.07) is 0.866. The molecule has 1 saturated carbocycles. The number of hydrogen-bond acceptors (Lipinski definition) is 1. The maximum Gasteiger partial charge on any atom is 0.00961 e. The van der Waals surface area contributed by atoms with Gasteiger partial charge in [0.05, 0.1) is 0 Å². The summed E-state index contributed by atoms with van der Waals surface area (Å²) >= 11 is 0. The standard InChI is InChI=1S/C12H25N/c1-10(2)7-5-4-6-8-11-9-12(11)13-3/h10-13H,4-9H2,1-3H3. The van der Waals surface area contributed by atoms with Crippen LogP contribution in [0.2, 0.25) is 0 Å². The summed E-state index contributed by atoms with van der Waals surface area (Å²) in [7, 11) is 2.09. The average Bonchev–Trinajstić information content (AvgIpc) is 2.82. The lowest BCUT2D eigenvalue weighted by molar-refractivity contribution is 0.506. The summed E-state index contributed by atoms with van der Waals surface area (Å²) in [4.78, 5) is 0. The smallest absolute Gasteiger partial charge is 0.00961 e. The van der Waals surface area contributed by atoms with Crippen LogP contribution in [0.1, 0.15) is 52.4 Å². The molecule has 1 rings (SSSR count). The molecule has 1 nitrogen and oxygen atoms in total. The monoisotopic (exact) mass is 183 g/mol. The third-order valence-electron chi connectivity index (χ3n) is 3.15. The lowest BCUT2D eigenvalue weighted by atomic mass is 10.0. The van der Waals surface area contributed by atoms with E-state index >= 15 is 0 Å². The van der Waals surface area contributed by atoms with Gasteiger partial charge in [0, 0.05) is 6.04 Å². The maximum atomic E-state index is 3.35. The molecule has 0 spiro atoms. The fourth-order valence-electron chi connectivity index (χ4n) is 2.06. The summed E-state index contributed by atoms with van der Waals surface area (Å²) in [5.74, 6) is 1.91. The van der Waals surface area contributed by atoms with Crippen LogP contribution in [-0.2, 0) is 0 Å². The number of unbranched alkanes of at least 4 members (excludes halogenated alkanes) is 2. The van der Waals surface area contributed by atoms with E-state index < -0.39 is 0 Å². The molecule has 0 aromatic heterocycles. The minimum atomic E-state index is 0.866. The van der Waals surface area contributed by atoms with Gasteiger partial charge in [0.1, 0.15) is 0 Å². The molecule has 1 aliphatic rings. The van der Waals surface area contributed by atoms with Gasteiger partial charge in [-0.2, -0.15) is 0 Å². The van der Waals surface area contributed by atoms with Gasteiger partial charge in [-0.05, 0) is 31.7 Å². The van der Waals surface area contributed by atoms with Crippen LogP contribution in [0, 0.1) is 11.8 Å². The van der Waals surface area contributed by atoms with E-state index in [9.17, 15) is 0 Å². The van der Waals surface area contributed by atoms with Crippen molar-refractivity contribution in [3.63, 3.8) is 0 Å². The van der Waals surface area contributed by atoms with Crippen LogP contribution in [-0.4, -0.2) is 13.1 Å². The Kier molecular flexibility index (Phi) is 4.79. The summed E-state index contributed by atoms with van der Waals surface area (Å²) < 4.78 is 0. The topological polar surface area (TPSA) is 12.0 Å². The second-order valence-electron chi connectivity index (χ2n) is 4.92. The van der Waals surface area contributed by atoms with Gasteiger partial charge in [0.2, 0.25) is 0 Å². The van der Waals surface area contributed by atoms with Crippen LogP contribution in [0.25, 0.3) is 0 Å². The van der Waals surface area contributed by atoms with E-state index in [1.165, 1.54) is 38.5 Å². The predicted molar refractivity (Wildman–Crippen MR) is 58.9 cm³/mol. The number of nitrogens with one attached hydrogen (secondary N) is 1. The zero-order valence-corrected chi connectivity index (χ0v) is 9.47. The van der Waals surface area contributed by atoms with Crippen molar-refractivity contribution in [1.82, 2.24) is 5.32 Å². The lowest BCUT2D eigenvalue weighted by Crippen LogP contribution is -2.10. The van der Waals surface area contributed by atoms with Crippen molar-refractivity contribution in [3.8, 4) is 0 Å². The first-order chi connectivity index (χ1) is 6.24. The molecule has 0 aromatic rings. The van der Waals surface area contributed by atoms with Crippen LogP contribution in [0.15, 0.2) is 0 Å². The Bertz CT molecular complexity index is 131. The third kappa shape index (κ3) is 4.66. The summed E-state index contributed by atoms with van der Waals surface area (Å²) in [6.45, 7) is 4.63. The zero-order valence-electron chi connectivity index (χ0n) is 9.47. The van der Waals surface area contributed by atoms with Crippen molar-refractivity contribution < 1.29 is 0 Å². The van der Waals surface area contributed by atoms with Crippen LogP contribution in [0.5, 0.6) is 0 Å². The third-order valence-corrected chi connectivity index (χ3v) is 3.15. The Labute approximate surface area is 83.3 Å². The Morgan fingerprint density at radius 1 is 1.23 bits per heavy atom. The quantitative estimate of drug-likeness (QED) is 0.598. The lowest BCUT2D eigenvalue weighted by Gasteiger charge is -2.03. The van der Waals surface area contributed by atoms with E-state index in [1.54, 1.807) is 0 Å². The Morgan fingerprint density at radius 2 is 2.00 bits per heavy atom. The van der Waals surface area contributed by atoms with E-state index in [1.807, 2.05) is 0 Å². The van der Waals surface area contributed by atoms with Gasteiger partial charge in [-0.25, -0.2) is 0 Å². The molecule has 1 N–H and O–H groups in total. The molecule has 1 fully saturated rings. The van der Waals surface area contributed by atoms with E-state index in [2.05, 4.69) is 26.2 Å². The molecule has 1 heteroatoms. The molecule has 78 valence electrons. The van der Waals surface area contributed by atoms with Crippen LogP contribution in [0.4, 0.5) is 0 Å². The fraction of sp³-hybridized carbons (Fsp3) is 1.00. The van der Waals surface area contributed by atoms with Gasteiger partial charge in [-0.1, -0.05) is 39.5 Å². The van der Waals surface area contributed by atoms with E-state index in [-0.39, 0.29) is 0 Å². The zero-order chi connectivity index (χ0) is 9.68. The van der Waals surface area contributed by atoms with E-state index in [4.69, 9.17) is 0 Å². The van der Waals surface area contributed by atoms with Crippen LogP contribution >= 0.6 is 0 Å². The first-order valence-electron chi connectivity index (χ1n) is 5.91. The SMILES string of the molecule is CNC1CC1CCCCCC(C)C. The van der Waals surface area contributed by atoms with Crippen LogP contribution < -0.4 is 5.32 Å². The first-order valence-corrected chi connectivity index (χ1v) is 5.91. The number of hydrogen-bond donors (Lipinski definition) is 1. The van der Waals surface area contributed by atoms with Gasteiger partial charge in [-0.3, -0.25) is 0 Å². The van der Waals surface area contributed by atoms with Crippen molar-refractivity contribution in [3.05, 3.63) is 0 Å². The first kappa shape index (κ1) is 11.0. The van der Waals surface area contributed by atoms with Crippen molar-refractivity contribution >= 4 is 0 Å². The molecule has 0 saturated heterocycles. The van der Waals surface area contributed by atoms with Gasteiger partial charge >= 0.3 is 0 Å². The average molecular weight is 183 g/mol.